The van der Waals surface area contributed by atoms with Crippen LogP contribution in [-0.4, -0.2) is 25.7 Å². The lowest BCUT2D eigenvalue weighted by Gasteiger charge is -2.22. The van der Waals surface area contributed by atoms with Crippen molar-refractivity contribution in [2.45, 2.75) is 53.1 Å². The van der Waals surface area contributed by atoms with Gasteiger partial charge in [0.2, 0.25) is 0 Å². The predicted molar refractivity (Wildman–Crippen MR) is 114 cm³/mol. The third-order valence-corrected chi connectivity index (χ3v) is 4.65. The Bertz CT molecular complexity index is 652. The average Bonchev–Trinajstić information content (AvgIpc) is 2.62. The first-order chi connectivity index (χ1) is 12.3. The zero-order valence-corrected chi connectivity index (χ0v) is 17.2. The second-order valence-corrected chi connectivity index (χ2v) is 7.80. The highest BCUT2D eigenvalue weighted by Gasteiger charge is 2.13. The minimum absolute atomic E-state index is 0.0953. The molecule has 3 heteroatoms. The van der Waals surface area contributed by atoms with E-state index in [1.807, 2.05) is 0 Å². The van der Waals surface area contributed by atoms with Crippen LogP contribution in [0.25, 0.3) is 0 Å². The van der Waals surface area contributed by atoms with Gasteiger partial charge in [0.25, 0.3) is 0 Å². The van der Waals surface area contributed by atoms with Gasteiger partial charge in [-0.25, -0.2) is 0 Å². The fourth-order valence-corrected chi connectivity index (χ4v) is 2.95. The standard InChI is InChI=1S/C23H34N2O/c1-7-25(8-2)21-13-11-20(12-14-21)24-17-18(3)26-22-15-9-19(10-16-22)23(4,5)6/h9-16,18,24H,7-8,17H2,1-6H3. The highest BCUT2D eigenvalue weighted by atomic mass is 16.5. The molecule has 0 heterocycles. The average molecular weight is 355 g/mol. The van der Waals surface area contributed by atoms with Gasteiger partial charge >= 0.3 is 0 Å². The summed E-state index contributed by atoms with van der Waals surface area (Å²) in [5, 5.41) is 3.46. The summed E-state index contributed by atoms with van der Waals surface area (Å²) in [5.41, 5.74) is 3.88. The van der Waals surface area contributed by atoms with Crippen LogP contribution in [0.5, 0.6) is 5.75 Å². The number of anilines is 2. The molecular formula is C23H34N2O. The van der Waals surface area contributed by atoms with Crippen LogP contribution in [0.2, 0.25) is 0 Å². The molecule has 0 bridgehead atoms. The van der Waals surface area contributed by atoms with E-state index in [0.29, 0.717) is 0 Å². The van der Waals surface area contributed by atoms with Gasteiger partial charge in [-0.1, -0.05) is 32.9 Å². The Morgan fingerprint density at radius 2 is 1.50 bits per heavy atom. The molecule has 1 N–H and O–H groups in total. The van der Waals surface area contributed by atoms with Crippen molar-refractivity contribution >= 4 is 11.4 Å². The van der Waals surface area contributed by atoms with Crippen LogP contribution in [0.1, 0.15) is 47.1 Å². The molecule has 142 valence electrons. The van der Waals surface area contributed by atoms with Gasteiger partial charge in [-0.2, -0.15) is 0 Å². The molecule has 0 spiro atoms. The van der Waals surface area contributed by atoms with Crippen molar-refractivity contribution in [1.82, 2.24) is 0 Å². The molecule has 3 nitrogen and oxygen atoms in total. The fourth-order valence-electron chi connectivity index (χ4n) is 2.95. The van der Waals surface area contributed by atoms with Gasteiger partial charge in [-0.05, 0) is 68.1 Å². The number of ether oxygens (including phenoxy) is 1. The molecule has 2 aromatic carbocycles. The van der Waals surface area contributed by atoms with Crippen molar-refractivity contribution in [3.05, 3.63) is 54.1 Å². The van der Waals surface area contributed by atoms with E-state index in [1.165, 1.54) is 11.3 Å². The Hall–Kier alpha value is -2.16. The number of hydrogen-bond acceptors (Lipinski definition) is 3. The maximum absolute atomic E-state index is 6.03. The molecule has 0 radical (unpaired) electrons. The molecule has 1 atom stereocenters. The summed E-state index contributed by atoms with van der Waals surface area (Å²) in [5.74, 6) is 0.921. The minimum atomic E-state index is 0.0953. The molecule has 0 saturated carbocycles. The van der Waals surface area contributed by atoms with Gasteiger partial charge in [0.1, 0.15) is 11.9 Å². The molecule has 2 rings (SSSR count). The van der Waals surface area contributed by atoms with Crippen LogP contribution in [0, 0.1) is 0 Å². The van der Waals surface area contributed by atoms with Crippen molar-refractivity contribution in [2.75, 3.05) is 29.9 Å². The summed E-state index contributed by atoms with van der Waals surface area (Å²) in [7, 11) is 0. The van der Waals surface area contributed by atoms with Crippen LogP contribution in [-0.2, 0) is 5.41 Å². The Labute approximate surface area is 159 Å². The van der Waals surface area contributed by atoms with Crippen molar-refractivity contribution in [1.29, 1.82) is 0 Å². The molecular weight excluding hydrogens is 320 g/mol. The number of hydrogen-bond donors (Lipinski definition) is 1. The number of nitrogens with zero attached hydrogens (tertiary/aromatic N) is 1. The summed E-state index contributed by atoms with van der Waals surface area (Å²) >= 11 is 0. The normalized spacial score (nSPS) is 12.5. The zero-order chi connectivity index (χ0) is 19.2. The lowest BCUT2D eigenvalue weighted by molar-refractivity contribution is 0.234. The molecule has 0 fully saturated rings. The molecule has 0 amide bonds. The van der Waals surface area contributed by atoms with E-state index < -0.39 is 0 Å². The van der Waals surface area contributed by atoms with Gasteiger partial charge in [0.05, 0.1) is 6.54 Å². The topological polar surface area (TPSA) is 24.5 Å². The Balaban J connectivity index is 1.85. The van der Waals surface area contributed by atoms with Crippen molar-refractivity contribution in [2.24, 2.45) is 0 Å². The number of rotatable bonds is 8. The van der Waals surface area contributed by atoms with E-state index in [-0.39, 0.29) is 11.5 Å². The Morgan fingerprint density at radius 3 is 2.00 bits per heavy atom. The summed E-state index contributed by atoms with van der Waals surface area (Å²) in [6.45, 7) is 16.0. The quantitative estimate of drug-likeness (QED) is 0.657. The lowest BCUT2D eigenvalue weighted by Crippen LogP contribution is -2.23. The first-order valence-corrected chi connectivity index (χ1v) is 9.69. The highest BCUT2D eigenvalue weighted by Crippen LogP contribution is 2.24. The maximum Gasteiger partial charge on any atom is 0.119 e. The zero-order valence-electron chi connectivity index (χ0n) is 17.2. The molecule has 26 heavy (non-hydrogen) atoms. The van der Waals surface area contributed by atoms with Crippen LogP contribution < -0.4 is 15.0 Å². The molecule has 0 aliphatic carbocycles. The minimum Gasteiger partial charge on any atom is -0.489 e. The van der Waals surface area contributed by atoms with Gasteiger partial charge in [0, 0.05) is 24.5 Å². The molecule has 1 unspecified atom stereocenters. The summed E-state index contributed by atoms with van der Waals surface area (Å²) in [4.78, 5) is 2.34. The van der Waals surface area contributed by atoms with E-state index in [9.17, 15) is 0 Å². The van der Waals surface area contributed by atoms with Gasteiger partial charge in [0.15, 0.2) is 0 Å². The van der Waals surface area contributed by atoms with E-state index in [2.05, 4.69) is 100 Å². The SMILES string of the molecule is CCN(CC)c1ccc(NCC(C)Oc2ccc(C(C)(C)C)cc2)cc1. The predicted octanol–water partition coefficient (Wildman–Crippen LogP) is 5.71. The summed E-state index contributed by atoms with van der Waals surface area (Å²) < 4.78 is 6.03. The van der Waals surface area contributed by atoms with Crippen LogP contribution in [0.3, 0.4) is 0 Å². The first-order valence-electron chi connectivity index (χ1n) is 9.69. The van der Waals surface area contributed by atoms with Crippen LogP contribution >= 0.6 is 0 Å². The van der Waals surface area contributed by atoms with E-state index in [1.54, 1.807) is 0 Å². The second-order valence-electron chi connectivity index (χ2n) is 7.80. The smallest absolute Gasteiger partial charge is 0.119 e. The number of nitrogens with one attached hydrogen (secondary N) is 1. The van der Waals surface area contributed by atoms with Gasteiger partial charge in [-0.15, -0.1) is 0 Å². The lowest BCUT2D eigenvalue weighted by atomic mass is 9.87. The molecule has 0 aromatic heterocycles. The van der Waals surface area contributed by atoms with Crippen molar-refractivity contribution < 1.29 is 4.74 Å². The molecule has 0 aliphatic heterocycles. The number of benzene rings is 2. The second kappa shape index (κ2) is 8.98. The van der Waals surface area contributed by atoms with E-state index in [0.717, 1.165) is 31.1 Å². The van der Waals surface area contributed by atoms with Gasteiger partial charge in [-0.3, -0.25) is 0 Å². The third-order valence-electron chi connectivity index (χ3n) is 4.65. The Morgan fingerprint density at radius 1 is 0.923 bits per heavy atom. The Kier molecular flexibility index (Phi) is 6.96. The molecule has 0 aliphatic rings. The van der Waals surface area contributed by atoms with Crippen LogP contribution in [0.4, 0.5) is 11.4 Å². The van der Waals surface area contributed by atoms with Crippen molar-refractivity contribution in [3.63, 3.8) is 0 Å². The third kappa shape index (κ3) is 5.69. The van der Waals surface area contributed by atoms with E-state index in [4.69, 9.17) is 4.74 Å². The largest absolute Gasteiger partial charge is 0.489 e. The fraction of sp³-hybridized carbons (Fsp3) is 0.478. The van der Waals surface area contributed by atoms with Gasteiger partial charge < -0.3 is 15.0 Å². The summed E-state index contributed by atoms with van der Waals surface area (Å²) in [6.07, 6.45) is 0.0953. The summed E-state index contributed by atoms with van der Waals surface area (Å²) in [6, 6.07) is 17.1. The highest BCUT2D eigenvalue weighted by molar-refractivity contribution is 5.55. The molecule has 2 aromatic rings. The van der Waals surface area contributed by atoms with E-state index >= 15 is 0 Å². The first kappa shape index (κ1) is 20.2. The van der Waals surface area contributed by atoms with Crippen LogP contribution in [0.15, 0.2) is 48.5 Å². The monoisotopic (exact) mass is 354 g/mol. The van der Waals surface area contributed by atoms with Crippen molar-refractivity contribution in [3.8, 4) is 5.75 Å². The molecule has 0 saturated heterocycles. The maximum atomic E-state index is 6.03.